The van der Waals surface area contributed by atoms with Gasteiger partial charge >= 0.3 is 0 Å². The van der Waals surface area contributed by atoms with Gasteiger partial charge in [-0.15, -0.1) is 0 Å². The number of benzene rings is 2. The van der Waals surface area contributed by atoms with Gasteiger partial charge in [0.1, 0.15) is 11.5 Å². The van der Waals surface area contributed by atoms with Crippen LogP contribution in [0.2, 0.25) is 0 Å². The van der Waals surface area contributed by atoms with Gasteiger partial charge in [0.2, 0.25) is 0 Å². The molecule has 1 heterocycles. The first-order valence-electron chi connectivity index (χ1n) is 7.66. The number of hydrogen-bond donors (Lipinski definition) is 3. The van der Waals surface area contributed by atoms with Crippen LogP contribution in [0.5, 0.6) is 0 Å². The van der Waals surface area contributed by atoms with E-state index in [2.05, 4.69) is 5.32 Å². The molecule has 0 unspecified atom stereocenters. The zero-order chi connectivity index (χ0) is 18.0. The van der Waals surface area contributed by atoms with E-state index in [0.29, 0.717) is 17.9 Å². The van der Waals surface area contributed by atoms with Crippen molar-refractivity contribution in [2.45, 2.75) is 0 Å². The molecule has 0 amide bonds. The molecule has 0 fully saturated rings. The zero-order valence-corrected chi connectivity index (χ0v) is 14.4. The van der Waals surface area contributed by atoms with E-state index in [9.17, 15) is 17.9 Å². The van der Waals surface area contributed by atoms with Gasteiger partial charge in [0.05, 0.1) is 17.9 Å². The molecule has 3 N–H and O–H groups in total. The molecule has 3 rings (SSSR count). The largest absolute Gasteiger partial charge is 0.316 e. The number of nitrogens with zero attached hydrogens (tertiary/aromatic N) is 2. The standard InChI is InChI=1S/C17H19F2N3O2S/c1-20-10-4-5-11-21-16-6-2-3-7-17(16)22(25(21,23)24)15-9-8-13(18)12-14(15)19/h2-9,12,20,23-24H,10-11H2,1H3/b5-4+. The molecule has 0 atom stereocenters. The Bertz CT molecular complexity index is 801. The van der Waals surface area contributed by atoms with E-state index in [1.165, 1.54) is 10.4 Å². The summed E-state index contributed by atoms with van der Waals surface area (Å²) in [5.41, 5.74) is 0.936. The first kappa shape index (κ1) is 17.7. The monoisotopic (exact) mass is 367 g/mol. The highest BCUT2D eigenvalue weighted by atomic mass is 32.3. The third kappa shape index (κ3) is 3.21. The minimum atomic E-state index is -3.53. The highest BCUT2D eigenvalue weighted by Gasteiger charge is 2.42. The lowest BCUT2D eigenvalue weighted by molar-refractivity contribution is 0.485. The molecule has 0 saturated heterocycles. The highest BCUT2D eigenvalue weighted by molar-refractivity contribution is 8.27. The van der Waals surface area contributed by atoms with Crippen molar-refractivity contribution in [2.24, 2.45) is 0 Å². The van der Waals surface area contributed by atoms with Gasteiger partial charge in [0.25, 0.3) is 0 Å². The van der Waals surface area contributed by atoms with Gasteiger partial charge in [-0.3, -0.25) is 9.11 Å². The second-order valence-electron chi connectivity index (χ2n) is 5.46. The number of rotatable bonds is 5. The van der Waals surface area contributed by atoms with Gasteiger partial charge in [0, 0.05) is 12.6 Å². The Hall–Kier alpha value is -2.13. The summed E-state index contributed by atoms with van der Waals surface area (Å²) < 4.78 is 51.7. The molecule has 0 saturated carbocycles. The molecule has 1 aliphatic rings. The number of halogens is 2. The third-order valence-electron chi connectivity index (χ3n) is 3.80. The molecule has 0 aromatic heterocycles. The highest BCUT2D eigenvalue weighted by Crippen LogP contribution is 2.64. The lowest BCUT2D eigenvalue weighted by Crippen LogP contribution is -2.31. The summed E-state index contributed by atoms with van der Waals surface area (Å²) in [6.45, 7) is 0.880. The van der Waals surface area contributed by atoms with Crippen LogP contribution in [0.1, 0.15) is 0 Å². The Balaban J connectivity index is 2.04. The summed E-state index contributed by atoms with van der Waals surface area (Å²) in [6.07, 6.45) is 3.66. The summed E-state index contributed by atoms with van der Waals surface area (Å²) in [5, 5.41) is 2.96. The Kier molecular flexibility index (Phi) is 4.96. The van der Waals surface area contributed by atoms with Crippen molar-refractivity contribution in [1.82, 2.24) is 5.32 Å². The van der Waals surface area contributed by atoms with Crippen LogP contribution in [0, 0.1) is 11.6 Å². The summed E-state index contributed by atoms with van der Waals surface area (Å²) in [6, 6.07) is 9.91. The van der Waals surface area contributed by atoms with Crippen molar-refractivity contribution < 1.29 is 17.9 Å². The number of fused-ring (bicyclic) bond motifs is 1. The Morgan fingerprint density at radius 2 is 1.76 bits per heavy atom. The van der Waals surface area contributed by atoms with Crippen LogP contribution < -0.4 is 13.9 Å². The molecule has 2 aromatic carbocycles. The molecule has 0 radical (unpaired) electrons. The number of anilines is 3. The molecular weight excluding hydrogens is 348 g/mol. The van der Waals surface area contributed by atoms with Crippen molar-refractivity contribution in [1.29, 1.82) is 0 Å². The van der Waals surface area contributed by atoms with Crippen LogP contribution in [0.15, 0.2) is 54.6 Å². The van der Waals surface area contributed by atoms with Gasteiger partial charge in [-0.05, 0) is 42.3 Å². The molecule has 0 aliphatic carbocycles. The van der Waals surface area contributed by atoms with Crippen LogP contribution >= 0.6 is 11.0 Å². The predicted molar refractivity (Wildman–Crippen MR) is 98.2 cm³/mol. The second kappa shape index (κ2) is 7.01. The van der Waals surface area contributed by atoms with E-state index in [1.807, 2.05) is 13.1 Å². The number of likely N-dealkylation sites (N-methyl/N-ethyl adjacent to an activating group) is 1. The van der Waals surface area contributed by atoms with Gasteiger partial charge in [-0.25, -0.2) is 17.4 Å². The molecular formula is C17H19F2N3O2S. The van der Waals surface area contributed by atoms with Gasteiger partial charge in [0.15, 0.2) is 5.82 Å². The molecule has 8 heteroatoms. The van der Waals surface area contributed by atoms with E-state index < -0.39 is 22.6 Å². The van der Waals surface area contributed by atoms with E-state index in [-0.39, 0.29) is 12.2 Å². The average Bonchev–Trinajstić information content (AvgIpc) is 2.79. The third-order valence-corrected chi connectivity index (χ3v) is 5.62. The van der Waals surface area contributed by atoms with Gasteiger partial charge in [-0.2, -0.15) is 0 Å². The molecule has 0 spiro atoms. The fourth-order valence-electron chi connectivity index (χ4n) is 2.69. The minimum absolute atomic E-state index is 0.0874. The smallest absolute Gasteiger partial charge is 0.151 e. The Labute approximate surface area is 146 Å². The van der Waals surface area contributed by atoms with Crippen molar-refractivity contribution in [3.63, 3.8) is 0 Å². The fourth-order valence-corrected chi connectivity index (χ4v) is 4.42. The van der Waals surface area contributed by atoms with Crippen molar-refractivity contribution in [3.05, 3.63) is 66.3 Å². The van der Waals surface area contributed by atoms with Gasteiger partial charge in [-0.1, -0.05) is 24.3 Å². The maximum atomic E-state index is 14.3. The lowest BCUT2D eigenvalue weighted by Gasteiger charge is -2.43. The summed E-state index contributed by atoms with van der Waals surface area (Å²) in [4.78, 5) is 0. The first-order chi connectivity index (χ1) is 12.0. The Morgan fingerprint density at radius 1 is 1.04 bits per heavy atom. The second-order valence-corrected chi connectivity index (χ2v) is 7.24. The molecule has 1 aliphatic heterocycles. The molecule has 0 bridgehead atoms. The van der Waals surface area contributed by atoms with Crippen molar-refractivity contribution in [2.75, 3.05) is 28.7 Å². The van der Waals surface area contributed by atoms with Crippen molar-refractivity contribution >= 4 is 28.0 Å². The van der Waals surface area contributed by atoms with Crippen LogP contribution in [0.4, 0.5) is 25.8 Å². The fraction of sp³-hybridized carbons (Fsp3) is 0.176. The maximum Gasteiger partial charge on any atom is 0.151 e. The van der Waals surface area contributed by atoms with E-state index in [0.717, 1.165) is 16.4 Å². The number of hydrogen-bond acceptors (Lipinski definition) is 5. The molecule has 2 aromatic rings. The van der Waals surface area contributed by atoms with E-state index >= 15 is 0 Å². The first-order valence-corrected chi connectivity index (χ1v) is 9.12. The van der Waals surface area contributed by atoms with Crippen LogP contribution in [-0.2, 0) is 0 Å². The SMILES string of the molecule is CNC/C=C/CN1c2ccccc2N(c2ccc(F)cc2F)S1(O)O. The summed E-state index contributed by atoms with van der Waals surface area (Å²) in [5.74, 6) is -1.58. The summed E-state index contributed by atoms with van der Waals surface area (Å²) >= 11 is 0. The van der Waals surface area contributed by atoms with E-state index in [4.69, 9.17) is 0 Å². The number of para-hydroxylation sites is 2. The zero-order valence-electron chi connectivity index (χ0n) is 13.6. The van der Waals surface area contributed by atoms with Crippen LogP contribution in [0.25, 0.3) is 0 Å². The topological polar surface area (TPSA) is 59.0 Å². The molecule has 134 valence electrons. The normalized spacial score (nSPS) is 17.2. The summed E-state index contributed by atoms with van der Waals surface area (Å²) in [7, 11) is -1.72. The molecule has 5 nitrogen and oxygen atoms in total. The van der Waals surface area contributed by atoms with Gasteiger partial charge < -0.3 is 5.32 Å². The molecule has 25 heavy (non-hydrogen) atoms. The van der Waals surface area contributed by atoms with Crippen molar-refractivity contribution in [3.8, 4) is 0 Å². The predicted octanol–water partition coefficient (Wildman–Crippen LogP) is 4.28. The van der Waals surface area contributed by atoms with Crippen LogP contribution in [-0.4, -0.2) is 29.2 Å². The average molecular weight is 367 g/mol. The Morgan fingerprint density at radius 3 is 2.44 bits per heavy atom. The maximum absolute atomic E-state index is 14.3. The quantitative estimate of drug-likeness (QED) is 0.689. The number of nitrogens with one attached hydrogen (secondary N) is 1. The lowest BCUT2D eigenvalue weighted by atomic mass is 10.2. The van der Waals surface area contributed by atoms with E-state index in [1.54, 1.807) is 30.3 Å². The minimum Gasteiger partial charge on any atom is -0.316 e. The van der Waals surface area contributed by atoms with Crippen LogP contribution in [0.3, 0.4) is 0 Å².